The molecular formula is C14H20N2O. The molecule has 2 rings (SSSR count). The number of carbonyl (C=O) groups is 1. The van der Waals surface area contributed by atoms with Crippen LogP contribution in [0.2, 0.25) is 0 Å². The molecule has 17 heavy (non-hydrogen) atoms. The molecule has 3 nitrogen and oxygen atoms in total. The topological polar surface area (TPSA) is 42.0 Å². The molecule has 1 aromatic heterocycles. The third kappa shape index (κ3) is 4.27. The summed E-state index contributed by atoms with van der Waals surface area (Å²) in [5.74, 6) is 1.05. The number of pyridine rings is 1. The zero-order valence-corrected chi connectivity index (χ0v) is 10.2. The average Bonchev–Trinajstić information content (AvgIpc) is 2.39. The Hall–Kier alpha value is -1.22. The maximum Gasteiger partial charge on any atom is 0.137 e. The Kier molecular flexibility index (Phi) is 4.68. The largest absolute Gasteiger partial charge is 0.316 e. The maximum atomic E-state index is 11.8. The van der Waals surface area contributed by atoms with Gasteiger partial charge in [-0.05, 0) is 56.0 Å². The van der Waals surface area contributed by atoms with Crippen LogP contribution < -0.4 is 5.32 Å². The van der Waals surface area contributed by atoms with Crippen molar-refractivity contribution in [1.82, 2.24) is 10.3 Å². The maximum absolute atomic E-state index is 11.8. The summed E-state index contributed by atoms with van der Waals surface area (Å²) < 4.78 is 0. The van der Waals surface area contributed by atoms with E-state index in [4.69, 9.17) is 0 Å². The van der Waals surface area contributed by atoms with Gasteiger partial charge in [-0.15, -0.1) is 0 Å². The first kappa shape index (κ1) is 12.2. The summed E-state index contributed by atoms with van der Waals surface area (Å²) in [6, 6.07) is 3.83. The second-order valence-electron chi connectivity index (χ2n) is 4.82. The lowest BCUT2D eigenvalue weighted by Gasteiger charge is -2.22. The van der Waals surface area contributed by atoms with Gasteiger partial charge in [0, 0.05) is 25.2 Å². The lowest BCUT2D eigenvalue weighted by atomic mass is 9.93. The summed E-state index contributed by atoms with van der Waals surface area (Å²) in [5.41, 5.74) is 1.08. The van der Waals surface area contributed by atoms with Crippen molar-refractivity contribution in [3.8, 4) is 0 Å². The zero-order valence-electron chi connectivity index (χ0n) is 10.2. The molecule has 0 radical (unpaired) electrons. The standard InChI is InChI=1S/C14H20N2O/c17-14(10-12-5-8-15-9-6-12)4-3-13-2-1-7-16-11-13/h5-6,8-9,13,16H,1-4,7,10-11H2. The predicted octanol–water partition coefficient (Wildman–Crippen LogP) is 1.97. The van der Waals surface area contributed by atoms with Gasteiger partial charge in [-0.3, -0.25) is 9.78 Å². The van der Waals surface area contributed by atoms with Crippen molar-refractivity contribution < 1.29 is 4.79 Å². The van der Waals surface area contributed by atoms with Crippen LogP contribution >= 0.6 is 0 Å². The predicted molar refractivity (Wildman–Crippen MR) is 67.8 cm³/mol. The molecule has 1 saturated heterocycles. The summed E-state index contributed by atoms with van der Waals surface area (Å²) in [4.78, 5) is 15.8. The fourth-order valence-electron chi connectivity index (χ4n) is 2.35. The van der Waals surface area contributed by atoms with Crippen LogP contribution in [0, 0.1) is 5.92 Å². The minimum atomic E-state index is 0.349. The molecule has 1 aliphatic rings. The molecule has 0 aromatic carbocycles. The smallest absolute Gasteiger partial charge is 0.137 e. The minimum Gasteiger partial charge on any atom is -0.316 e. The lowest BCUT2D eigenvalue weighted by Crippen LogP contribution is -2.30. The van der Waals surface area contributed by atoms with Gasteiger partial charge in [-0.25, -0.2) is 0 Å². The monoisotopic (exact) mass is 232 g/mol. The summed E-state index contributed by atoms with van der Waals surface area (Å²) in [7, 11) is 0. The Balaban J connectivity index is 1.70. The fraction of sp³-hybridized carbons (Fsp3) is 0.571. The highest BCUT2D eigenvalue weighted by molar-refractivity contribution is 5.80. The molecule has 1 fully saturated rings. The Morgan fingerprint density at radius 2 is 2.24 bits per heavy atom. The van der Waals surface area contributed by atoms with E-state index in [0.717, 1.165) is 25.1 Å². The van der Waals surface area contributed by atoms with E-state index in [-0.39, 0.29) is 0 Å². The summed E-state index contributed by atoms with van der Waals surface area (Å²) in [6.07, 6.45) is 8.33. The SMILES string of the molecule is O=C(CCC1CCCNC1)Cc1ccncc1. The first-order chi connectivity index (χ1) is 8.34. The first-order valence-electron chi connectivity index (χ1n) is 6.46. The van der Waals surface area contributed by atoms with E-state index < -0.39 is 0 Å². The number of carbonyl (C=O) groups excluding carboxylic acids is 1. The van der Waals surface area contributed by atoms with E-state index in [1.54, 1.807) is 12.4 Å². The van der Waals surface area contributed by atoms with Gasteiger partial charge in [0.15, 0.2) is 0 Å². The van der Waals surface area contributed by atoms with E-state index >= 15 is 0 Å². The van der Waals surface area contributed by atoms with Crippen LogP contribution in [0.1, 0.15) is 31.2 Å². The highest BCUT2D eigenvalue weighted by Gasteiger charge is 2.14. The van der Waals surface area contributed by atoms with Gasteiger partial charge in [0.1, 0.15) is 5.78 Å². The van der Waals surface area contributed by atoms with Gasteiger partial charge in [-0.1, -0.05) is 0 Å². The number of ketones is 1. The van der Waals surface area contributed by atoms with Crippen molar-refractivity contribution in [1.29, 1.82) is 0 Å². The normalized spacial score (nSPS) is 20.1. The molecule has 1 aromatic rings. The molecule has 0 saturated carbocycles. The third-order valence-electron chi connectivity index (χ3n) is 3.38. The average molecular weight is 232 g/mol. The Morgan fingerprint density at radius 1 is 1.41 bits per heavy atom. The van der Waals surface area contributed by atoms with Crippen molar-refractivity contribution in [2.75, 3.05) is 13.1 Å². The Bertz CT molecular complexity index is 344. The highest BCUT2D eigenvalue weighted by atomic mass is 16.1. The summed E-state index contributed by atoms with van der Waals surface area (Å²) >= 11 is 0. The van der Waals surface area contributed by atoms with E-state index in [0.29, 0.717) is 24.5 Å². The molecule has 1 atom stereocenters. The molecular weight excluding hydrogens is 212 g/mol. The Labute approximate surface area is 103 Å². The molecule has 0 bridgehead atoms. The van der Waals surface area contributed by atoms with Crippen molar-refractivity contribution in [3.05, 3.63) is 30.1 Å². The van der Waals surface area contributed by atoms with Crippen LogP contribution in [-0.4, -0.2) is 23.9 Å². The van der Waals surface area contributed by atoms with Crippen molar-refractivity contribution in [3.63, 3.8) is 0 Å². The Morgan fingerprint density at radius 3 is 2.94 bits per heavy atom. The number of hydrogen-bond donors (Lipinski definition) is 1. The molecule has 3 heteroatoms. The summed E-state index contributed by atoms with van der Waals surface area (Å²) in [6.45, 7) is 2.23. The van der Waals surface area contributed by atoms with Gasteiger partial charge < -0.3 is 5.32 Å². The molecule has 1 N–H and O–H groups in total. The fourth-order valence-corrected chi connectivity index (χ4v) is 2.35. The second-order valence-corrected chi connectivity index (χ2v) is 4.82. The third-order valence-corrected chi connectivity index (χ3v) is 3.38. The van der Waals surface area contributed by atoms with Crippen molar-refractivity contribution in [2.24, 2.45) is 5.92 Å². The van der Waals surface area contributed by atoms with E-state index in [9.17, 15) is 4.79 Å². The number of hydrogen-bond acceptors (Lipinski definition) is 3. The number of aromatic nitrogens is 1. The highest BCUT2D eigenvalue weighted by Crippen LogP contribution is 2.16. The van der Waals surface area contributed by atoms with Crippen LogP contribution in [0.3, 0.4) is 0 Å². The van der Waals surface area contributed by atoms with Crippen molar-refractivity contribution >= 4 is 5.78 Å². The summed E-state index contributed by atoms with van der Waals surface area (Å²) in [5, 5.41) is 3.39. The van der Waals surface area contributed by atoms with Crippen LogP contribution in [0.15, 0.2) is 24.5 Å². The van der Waals surface area contributed by atoms with E-state index in [1.165, 1.54) is 12.8 Å². The van der Waals surface area contributed by atoms with Crippen LogP contribution in [-0.2, 0) is 11.2 Å². The number of rotatable bonds is 5. The van der Waals surface area contributed by atoms with Crippen LogP contribution in [0.25, 0.3) is 0 Å². The van der Waals surface area contributed by atoms with Gasteiger partial charge in [0.2, 0.25) is 0 Å². The van der Waals surface area contributed by atoms with E-state index in [2.05, 4.69) is 10.3 Å². The minimum absolute atomic E-state index is 0.349. The number of piperidine rings is 1. The van der Waals surface area contributed by atoms with Gasteiger partial charge in [0.05, 0.1) is 0 Å². The van der Waals surface area contributed by atoms with Crippen molar-refractivity contribution in [2.45, 2.75) is 32.1 Å². The lowest BCUT2D eigenvalue weighted by molar-refractivity contribution is -0.118. The number of Topliss-reactive ketones (excluding diaryl/α,β-unsaturated/α-hetero) is 1. The molecule has 0 spiro atoms. The molecule has 0 amide bonds. The first-order valence-corrected chi connectivity index (χ1v) is 6.46. The van der Waals surface area contributed by atoms with Gasteiger partial charge in [-0.2, -0.15) is 0 Å². The molecule has 92 valence electrons. The zero-order chi connectivity index (χ0) is 11.9. The molecule has 2 heterocycles. The van der Waals surface area contributed by atoms with E-state index in [1.807, 2.05) is 12.1 Å². The quantitative estimate of drug-likeness (QED) is 0.844. The second kappa shape index (κ2) is 6.50. The number of nitrogens with zero attached hydrogens (tertiary/aromatic N) is 1. The van der Waals surface area contributed by atoms with Crippen LogP contribution in [0.5, 0.6) is 0 Å². The molecule has 1 unspecified atom stereocenters. The molecule has 0 aliphatic carbocycles. The molecule has 1 aliphatic heterocycles. The van der Waals surface area contributed by atoms with Crippen LogP contribution in [0.4, 0.5) is 0 Å². The van der Waals surface area contributed by atoms with Gasteiger partial charge >= 0.3 is 0 Å². The van der Waals surface area contributed by atoms with Gasteiger partial charge in [0.25, 0.3) is 0 Å². The number of nitrogens with one attached hydrogen (secondary N) is 1.